The lowest BCUT2D eigenvalue weighted by Gasteiger charge is -2.34. The molecule has 0 spiro atoms. The molecule has 2 unspecified atom stereocenters. The number of hydrogen-bond donors (Lipinski definition) is 1. The predicted molar refractivity (Wildman–Crippen MR) is 118 cm³/mol. The third-order valence-corrected chi connectivity index (χ3v) is 8.00. The Morgan fingerprint density at radius 3 is 2.56 bits per heavy atom. The van der Waals surface area contributed by atoms with E-state index in [4.69, 9.17) is 0 Å². The van der Waals surface area contributed by atoms with Crippen LogP contribution in [0.25, 0.3) is 16.7 Å². The van der Waals surface area contributed by atoms with Crippen molar-refractivity contribution in [2.45, 2.75) is 31.1 Å². The molecule has 1 amide bonds. The smallest absolute Gasteiger partial charge is 0.407 e. The van der Waals surface area contributed by atoms with Crippen molar-refractivity contribution in [3.63, 3.8) is 0 Å². The number of hydrogen-bond acceptors (Lipinski definition) is 5. The van der Waals surface area contributed by atoms with Gasteiger partial charge in [-0.05, 0) is 37.5 Å². The predicted octanol–water partition coefficient (Wildman–Crippen LogP) is 3.33. The minimum atomic E-state index is -3.82. The van der Waals surface area contributed by atoms with Crippen LogP contribution in [0, 0.1) is 12.8 Å². The topological polar surface area (TPSA) is 110 Å². The third kappa shape index (κ3) is 3.13. The maximum atomic E-state index is 13.3. The largest absolute Gasteiger partial charge is 0.465 e. The molecule has 9 nitrogen and oxygen atoms in total. The number of carboxylic acid groups (broad SMARTS) is 1. The number of benzene rings is 1. The Morgan fingerprint density at radius 2 is 1.84 bits per heavy atom. The summed E-state index contributed by atoms with van der Waals surface area (Å²) in [6, 6.07) is 8.41. The summed E-state index contributed by atoms with van der Waals surface area (Å²) in [5.74, 6) is 0.846. The Kier molecular flexibility index (Phi) is 4.70. The average Bonchev–Trinajstić information content (AvgIpc) is 3.38. The van der Waals surface area contributed by atoms with Crippen molar-refractivity contribution in [3.05, 3.63) is 60.3 Å². The molecule has 0 saturated carbocycles. The SMILES string of the molecule is Cc1ccc(S(=O)(=O)n2ccc3c2ncc2cnc(C4CN(C(=O)O)CCC4C)n23)cc1. The first kappa shape index (κ1) is 20.5. The molecule has 1 aromatic carbocycles. The van der Waals surface area contributed by atoms with Crippen molar-refractivity contribution in [1.29, 1.82) is 0 Å². The van der Waals surface area contributed by atoms with Gasteiger partial charge in [0.15, 0.2) is 5.65 Å². The van der Waals surface area contributed by atoms with Crippen molar-refractivity contribution in [2.24, 2.45) is 5.92 Å². The molecular weight excluding hydrogens is 430 g/mol. The number of likely N-dealkylation sites (tertiary alicyclic amines) is 1. The molecule has 166 valence electrons. The summed E-state index contributed by atoms with van der Waals surface area (Å²) in [7, 11) is -3.82. The first-order valence-corrected chi connectivity index (χ1v) is 11.8. The highest BCUT2D eigenvalue weighted by atomic mass is 32.2. The van der Waals surface area contributed by atoms with Crippen LogP contribution in [0.15, 0.2) is 53.8 Å². The molecule has 1 saturated heterocycles. The molecule has 4 heterocycles. The summed E-state index contributed by atoms with van der Waals surface area (Å²) in [6.45, 7) is 4.84. The fraction of sp³-hybridized carbons (Fsp3) is 0.318. The second-order valence-electron chi connectivity index (χ2n) is 8.37. The fourth-order valence-corrected chi connectivity index (χ4v) is 5.71. The Hall–Kier alpha value is -3.40. The van der Waals surface area contributed by atoms with Gasteiger partial charge in [-0.15, -0.1) is 0 Å². The Bertz CT molecular complexity index is 1440. The molecular formula is C22H23N5O4S. The van der Waals surface area contributed by atoms with E-state index in [1.165, 1.54) is 15.1 Å². The monoisotopic (exact) mass is 453 g/mol. The van der Waals surface area contributed by atoms with Gasteiger partial charge in [0.1, 0.15) is 5.82 Å². The highest BCUT2D eigenvalue weighted by Crippen LogP contribution is 2.33. The number of nitrogens with zero attached hydrogens (tertiary/aromatic N) is 5. The van der Waals surface area contributed by atoms with Gasteiger partial charge in [0.2, 0.25) is 0 Å². The zero-order valence-electron chi connectivity index (χ0n) is 17.7. The van der Waals surface area contributed by atoms with Gasteiger partial charge in [-0.2, -0.15) is 0 Å². The zero-order valence-corrected chi connectivity index (χ0v) is 18.5. The molecule has 0 bridgehead atoms. The van der Waals surface area contributed by atoms with Crippen LogP contribution >= 0.6 is 0 Å². The molecule has 1 fully saturated rings. The normalized spacial score (nSPS) is 19.6. The van der Waals surface area contributed by atoms with Gasteiger partial charge in [-0.3, -0.25) is 4.40 Å². The van der Waals surface area contributed by atoms with Gasteiger partial charge >= 0.3 is 6.09 Å². The summed E-state index contributed by atoms with van der Waals surface area (Å²) < 4.78 is 29.6. The Morgan fingerprint density at radius 1 is 1.12 bits per heavy atom. The Balaban J connectivity index is 1.66. The van der Waals surface area contributed by atoms with Gasteiger partial charge in [0.05, 0.1) is 28.3 Å². The molecule has 1 aliphatic heterocycles. The van der Waals surface area contributed by atoms with E-state index in [-0.39, 0.29) is 16.7 Å². The van der Waals surface area contributed by atoms with E-state index in [0.29, 0.717) is 24.3 Å². The van der Waals surface area contributed by atoms with Gasteiger partial charge in [0, 0.05) is 25.2 Å². The van der Waals surface area contributed by atoms with Crippen molar-refractivity contribution < 1.29 is 18.3 Å². The second kappa shape index (κ2) is 7.33. The van der Waals surface area contributed by atoms with Gasteiger partial charge in [-0.1, -0.05) is 24.6 Å². The van der Waals surface area contributed by atoms with Crippen molar-refractivity contribution >= 4 is 32.8 Å². The lowest BCUT2D eigenvalue weighted by Crippen LogP contribution is -2.41. The number of amides is 1. The van der Waals surface area contributed by atoms with Gasteiger partial charge < -0.3 is 10.0 Å². The number of rotatable bonds is 3. The van der Waals surface area contributed by atoms with Crippen molar-refractivity contribution in [2.75, 3.05) is 13.1 Å². The number of piperidine rings is 1. The quantitative estimate of drug-likeness (QED) is 0.510. The maximum absolute atomic E-state index is 13.3. The van der Waals surface area contributed by atoms with Crippen LogP contribution in [0.4, 0.5) is 4.79 Å². The molecule has 2 atom stereocenters. The molecule has 1 aliphatic rings. The van der Waals surface area contributed by atoms with Crippen LogP contribution in [-0.4, -0.2) is 55.9 Å². The molecule has 32 heavy (non-hydrogen) atoms. The molecule has 0 radical (unpaired) electrons. The second-order valence-corrected chi connectivity index (χ2v) is 10.2. The summed E-state index contributed by atoms with van der Waals surface area (Å²) >= 11 is 0. The number of carbonyl (C=O) groups is 1. The standard InChI is InChI=1S/C22H23N5O4S/c1-14-3-5-17(6-4-14)32(30,31)26-10-8-19-21(26)24-12-16-11-23-20(27(16)19)18-13-25(22(28)29)9-7-15(18)2/h3-6,8,10-12,15,18H,7,9,13H2,1-2H3,(H,28,29). The van der Waals surface area contributed by atoms with Crippen LogP contribution in [0.2, 0.25) is 0 Å². The van der Waals surface area contributed by atoms with Crippen LogP contribution in [-0.2, 0) is 10.0 Å². The summed E-state index contributed by atoms with van der Waals surface area (Å²) in [6.07, 6.45) is 4.60. The first-order chi connectivity index (χ1) is 15.3. The lowest BCUT2D eigenvalue weighted by atomic mass is 9.86. The molecule has 3 aromatic heterocycles. The third-order valence-electron chi connectivity index (χ3n) is 6.32. The molecule has 1 N–H and O–H groups in total. The molecule has 5 rings (SSSR count). The number of fused-ring (bicyclic) bond motifs is 3. The zero-order chi connectivity index (χ0) is 22.6. The van der Waals surface area contributed by atoms with Gasteiger partial charge in [0.25, 0.3) is 10.0 Å². The van der Waals surface area contributed by atoms with Crippen molar-refractivity contribution in [1.82, 2.24) is 23.2 Å². The average molecular weight is 454 g/mol. The minimum absolute atomic E-state index is 0.106. The van der Waals surface area contributed by atoms with Crippen LogP contribution in [0.1, 0.15) is 30.7 Å². The number of imidazole rings is 1. The lowest BCUT2D eigenvalue weighted by molar-refractivity contribution is 0.117. The molecule has 10 heteroatoms. The number of aromatic nitrogens is 4. The van der Waals surface area contributed by atoms with Crippen LogP contribution in [0.3, 0.4) is 0 Å². The summed E-state index contributed by atoms with van der Waals surface area (Å²) in [5, 5.41) is 9.46. The summed E-state index contributed by atoms with van der Waals surface area (Å²) in [5.41, 5.74) is 2.63. The first-order valence-electron chi connectivity index (χ1n) is 10.4. The van der Waals surface area contributed by atoms with E-state index in [0.717, 1.165) is 23.3 Å². The highest BCUT2D eigenvalue weighted by Gasteiger charge is 2.33. The molecule has 0 aliphatic carbocycles. The Labute approximate surface area is 185 Å². The van der Waals surface area contributed by atoms with E-state index >= 15 is 0 Å². The van der Waals surface area contributed by atoms with Gasteiger partial charge in [-0.25, -0.2) is 27.2 Å². The minimum Gasteiger partial charge on any atom is -0.465 e. The fourth-order valence-electron chi connectivity index (χ4n) is 4.41. The van der Waals surface area contributed by atoms with Crippen LogP contribution in [0.5, 0.6) is 0 Å². The maximum Gasteiger partial charge on any atom is 0.407 e. The number of aryl methyl sites for hydroxylation is 1. The van der Waals surface area contributed by atoms with E-state index in [9.17, 15) is 18.3 Å². The van der Waals surface area contributed by atoms with Crippen LogP contribution < -0.4 is 0 Å². The van der Waals surface area contributed by atoms with E-state index in [2.05, 4.69) is 16.9 Å². The van der Waals surface area contributed by atoms with E-state index in [1.807, 2.05) is 11.3 Å². The highest BCUT2D eigenvalue weighted by molar-refractivity contribution is 7.90. The molecule has 4 aromatic rings. The van der Waals surface area contributed by atoms with Crippen molar-refractivity contribution in [3.8, 4) is 0 Å². The van der Waals surface area contributed by atoms with E-state index in [1.54, 1.807) is 42.7 Å². The summed E-state index contributed by atoms with van der Waals surface area (Å²) in [4.78, 5) is 22.2. The van der Waals surface area contributed by atoms with E-state index < -0.39 is 16.1 Å².